The zero-order valence-corrected chi connectivity index (χ0v) is 14.9. The Morgan fingerprint density at radius 2 is 1.81 bits per heavy atom. The predicted molar refractivity (Wildman–Crippen MR) is 93.0 cm³/mol. The summed E-state index contributed by atoms with van der Waals surface area (Å²) < 4.78 is 26.9. The minimum Gasteiger partial charge on any atom is -0.481 e. The highest BCUT2D eigenvalue weighted by molar-refractivity contribution is 6.09. The summed E-state index contributed by atoms with van der Waals surface area (Å²) >= 11 is 0. The average Bonchev–Trinajstić information content (AvgIpc) is 3.00. The van der Waals surface area contributed by atoms with Gasteiger partial charge in [0.25, 0.3) is 0 Å². The molecule has 6 nitrogen and oxygen atoms in total. The molecular weight excluding hydrogens is 358 g/mol. The van der Waals surface area contributed by atoms with Gasteiger partial charge in [-0.1, -0.05) is 0 Å². The van der Waals surface area contributed by atoms with Gasteiger partial charge >= 0.3 is 5.97 Å². The fourth-order valence-corrected chi connectivity index (χ4v) is 3.91. The van der Waals surface area contributed by atoms with Gasteiger partial charge in [-0.15, -0.1) is 0 Å². The van der Waals surface area contributed by atoms with E-state index in [1.165, 1.54) is 4.90 Å². The number of benzene rings is 1. The SMILES string of the molecule is O=C(O)CC[C@H]1CCCN(C(=O)[C@@H]2CCN(c3cc(F)cc(F)c3)C2=O)C1. The maximum atomic E-state index is 13.4. The van der Waals surface area contributed by atoms with Crippen molar-refractivity contribution < 1.29 is 28.3 Å². The van der Waals surface area contributed by atoms with Gasteiger partial charge in [0.2, 0.25) is 11.8 Å². The van der Waals surface area contributed by atoms with Crippen LogP contribution >= 0.6 is 0 Å². The van der Waals surface area contributed by atoms with E-state index in [1.54, 1.807) is 4.90 Å². The number of halogens is 2. The van der Waals surface area contributed by atoms with Crippen LogP contribution in [0.4, 0.5) is 14.5 Å². The molecule has 2 atom stereocenters. The lowest BCUT2D eigenvalue weighted by Crippen LogP contribution is -2.45. The van der Waals surface area contributed by atoms with Gasteiger partial charge in [-0.3, -0.25) is 14.4 Å². The second kappa shape index (κ2) is 8.02. The number of rotatable bonds is 5. The summed E-state index contributed by atoms with van der Waals surface area (Å²) in [6, 6.07) is 2.89. The van der Waals surface area contributed by atoms with Gasteiger partial charge < -0.3 is 14.9 Å². The Morgan fingerprint density at radius 1 is 1.11 bits per heavy atom. The lowest BCUT2D eigenvalue weighted by molar-refractivity contribution is -0.141. The summed E-state index contributed by atoms with van der Waals surface area (Å²) in [5, 5.41) is 8.82. The van der Waals surface area contributed by atoms with Crippen molar-refractivity contribution in [1.29, 1.82) is 0 Å². The highest BCUT2D eigenvalue weighted by atomic mass is 19.1. The van der Waals surface area contributed by atoms with E-state index in [1.807, 2.05) is 0 Å². The molecular formula is C19H22F2N2O4. The van der Waals surface area contributed by atoms with Gasteiger partial charge in [0.15, 0.2) is 0 Å². The molecule has 3 rings (SSSR count). The molecule has 2 aliphatic rings. The first-order valence-electron chi connectivity index (χ1n) is 9.13. The van der Waals surface area contributed by atoms with Crippen LogP contribution in [0.25, 0.3) is 0 Å². The lowest BCUT2D eigenvalue weighted by atomic mass is 9.92. The Morgan fingerprint density at radius 3 is 2.48 bits per heavy atom. The summed E-state index contributed by atoms with van der Waals surface area (Å²) in [4.78, 5) is 39.1. The van der Waals surface area contributed by atoms with Crippen LogP contribution < -0.4 is 4.90 Å². The zero-order chi connectivity index (χ0) is 19.6. The van der Waals surface area contributed by atoms with Gasteiger partial charge in [0, 0.05) is 37.8 Å². The number of piperidine rings is 1. The van der Waals surface area contributed by atoms with Crippen molar-refractivity contribution in [2.45, 2.75) is 32.1 Å². The highest BCUT2D eigenvalue weighted by Gasteiger charge is 2.40. The van der Waals surface area contributed by atoms with Crippen LogP contribution in [0.2, 0.25) is 0 Å². The van der Waals surface area contributed by atoms with E-state index in [4.69, 9.17) is 5.11 Å². The normalized spacial score (nSPS) is 23.0. The third kappa shape index (κ3) is 4.43. The van der Waals surface area contributed by atoms with E-state index in [-0.39, 0.29) is 30.5 Å². The van der Waals surface area contributed by atoms with Crippen LogP contribution in [-0.4, -0.2) is 47.4 Å². The summed E-state index contributed by atoms with van der Waals surface area (Å²) in [6.07, 6.45) is 2.51. The molecule has 2 fully saturated rings. The highest BCUT2D eigenvalue weighted by Crippen LogP contribution is 2.29. The van der Waals surface area contributed by atoms with Gasteiger partial charge in [0.1, 0.15) is 17.6 Å². The minimum atomic E-state index is -0.859. The van der Waals surface area contributed by atoms with Crippen molar-refractivity contribution in [1.82, 2.24) is 4.90 Å². The largest absolute Gasteiger partial charge is 0.481 e. The Hall–Kier alpha value is -2.51. The number of hydrogen-bond acceptors (Lipinski definition) is 3. The molecule has 0 radical (unpaired) electrons. The number of aliphatic carboxylic acids is 1. The Balaban J connectivity index is 1.65. The molecule has 8 heteroatoms. The van der Waals surface area contributed by atoms with Crippen LogP contribution in [0.5, 0.6) is 0 Å². The molecule has 2 heterocycles. The Kier molecular flexibility index (Phi) is 5.72. The van der Waals surface area contributed by atoms with Crippen LogP contribution in [0.15, 0.2) is 18.2 Å². The number of anilines is 1. The Bertz CT molecular complexity index is 735. The monoisotopic (exact) mass is 380 g/mol. The molecule has 27 heavy (non-hydrogen) atoms. The molecule has 1 aromatic carbocycles. The number of hydrogen-bond donors (Lipinski definition) is 1. The first kappa shape index (κ1) is 19.3. The number of nitrogens with zero attached hydrogens (tertiary/aromatic N) is 2. The second-order valence-electron chi connectivity index (χ2n) is 7.18. The third-order valence-corrected chi connectivity index (χ3v) is 5.26. The third-order valence-electron chi connectivity index (χ3n) is 5.26. The standard InChI is InChI=1S/C19H22F2N2O4/c20-13-8-14(21)10-15(9-13)23-7-5-16(19(23)27)18(26)22-6-1-2-12(11-22)3-4-17(24)25/h8-10,12,16H,1-7,11H2,(H,24,25)/t12-,16+/m1/s1. The second-order valence-corrected chi connectivity index (χ2v) is 7.18. The number of amides is 2. The van der Waals surface area contributed by atoms with E-state index >= 15 is 0 Å². The predicted octanol–water partition coefficient (Wildman–Crippen LogP) is 2.42. The van der Waals surface area contributed by atoms with Crippen LogP contribution in [0.3, 0.4) is 0 Å². The van der Waals surface area contributed by atoms with E-state index in [9.17, 15) is 23.2 Å². The van der Waals surface area contributed by atoms with Gasteiger partial charge in [-0.05, 0) is 43.7 Å². The van der Waals surface area contributed by atoms with E-state index in [0.717, 1.165) is 31.0 Å². The van der Waals surface area contributed by atoms with Crippen LogP contribution in [0, 0.1) is 23.5 Å². The van der Waals surface area contributed by atoms with Gasteiger partial charge in [-0.25, -0.2) is 8.78 Å². The van der Waals surface area contributed by atoms with E-state index in [2.05, 4.69) is 0 Å². The van der Waals surface area contributed by atoms with Crippen LogP contribution in [0.1, 0.15) is 32.1 Å². The molecule has 0 saturated carbocycles. The number of carboxylic acids is 1. The molecule has 0 unspecified atom stereocenters. The number of carbonyl (C=O) groups excluding carboxylic acids is 2. The summed E-state index contributed by atoms with van der Waals surface area (Å²) in [7, 11) is 0. The molecule has 2 aliphatic heterocycles. The van der Waals surface area contributed by atoms with Crippen molar-refractivity contribution in [2.24, 2.45) is 11.8 Å². The number of carbonyl (C=O) groups is 3. The lowest BCUT2D eigenvalue weighted by Gasteiger charge is -2.34. The zero-order valence-electron chi connectivity index (χ0n) is 14.9. The number of carboxylic acid groups (broad SMARTS) is 1. The minimum absolute atomic E-state index is 0.0635. The topological polar surface area (TPSA) is 77.9 Å². The van der Waals surface area contributed by atoms with E-state index < -0.39 is 29.4 Å². The molecule has 146 valence electrons. The van der Waals surface area contributed by atoms with Crippen molar-refractivity contribution in [2.75, 3.05) is 24.5 Å². The summed E-state index contributed by atoms with van der Waals surface area (Å²) in [6.45, 7) is 1.22. The fraction of sp³-hybridized carbons (Fsp3) is 0.526. The molecule has 0 aromatic heterocycles. The molecule has 1 aromatic rings. The van der Waals surface area contributed by atoms with Crippen molar-refractivity contribution in [3.63, 3.8) is 0 Å². The Labute approximate surface area is 155 Å². The molecule has 0 spiro atoms. The van der Waals surface area contributed by atoms with Crippen LogP contribution in [-0.2, 0) is 14.4 Å². The summed E-state index contributed by atoms with van der Waals surface area (Å²) in [5.41, 5.74) is 0.116. The van der Waals surface area contributed by atoms with E-state index in [0.29, 0.717) is 25.9 Å². The first-order valence-corrected chi connectivity index (χ1v) is 9.13. The summed E-state index contributed by atoms with van der Waals surface area (Å²) in [5.74, 6) is -3.87. The molecule has 1 N–H and O–H groups in total. The van der Waals surface area contributed by atoms with Gasteiger partial charge in [0.05, 0.1) is 0 Å². The van der Waals surface area contributed by atoms with Gasteiger partial charge in [-0.2, -0.15) is 0 Å². The molecule has 2 amide bonds. The smallest absolute Gasteiger partial charge is 0.303 e. The molecule has 0 bridgehead atoms. The average molecular weight is 380 g/mol. The fourth-order valence-electron chi connectivity index (χ4n) is 3.91. The maximum absolute atomic E-state index is 13.4. The van der Waals surface area contributed by atoms with Crippen molar-refractivity contribution in [3.05, 3.63) is 29.8 Å². The molecule has 0 aliphatic carbocycles. The van der Waals surface area contributed by atoms with Crippen molar-refractivity contribution >= 4 is 23.5 Å². The van der Waals surface area contributed by atoms with Crippen molar-refractivity contribution in [3.8, 4) is 0 Å². The maximum Gasteiger partial charge on any atom is 0.303 e. The number of likely N-dealkylation sites (tertiary alicyclic amines) is 1. The molecule has 2 saturated heterocycles. The quantitative estimate of drug-likeness (QED) is 0.796. The first-order chi connectivity index (χ1) is 12.8.